The van der Waals surface area contributed by atoms with Crippen molar-refractivity contribution >= 4 is 12.4 Å². The highest BCUT2D eigenvalue weighted by atomic mass is 35.5. The van der Waals surface area contributed by atoms with Crippen molar-refractivity contribution in [1.29, 1.82) is 0 Å². The van der Waals surface area contributed by atoms with Crippen molar-refractivity contribution < 1.29 is 9.84 Å². The number of likely N-dealkylation sites (tertiary alicyclic amines) is 1. The molecule has 1 saturated heterocycles. The number of hydrogen-bond donors (Lipinski definition) is 1. The SMILES string of the molecule is CC1CCCC(C)N1CC(O)COCc1ccccc1.Cl. The van der Waals surface area contributed by atoms with E-state index in [0.717, 1.165) is 12.1 Å². The molecule has 21 heavy (non-hydrogen) atoms. The Hall–Kier alpha value is -0.610. The van der Waals surface area contributed by atoms with E-state index < -0.39 is 6.10 Å². The quantitative estimate of drug-likeness (QED) is 0.875. The topological polar surface area (TPSA) is 32.7 Å². The van der Waals surface area contributed by atoms with Crippen LogP contribution < -0.4 is 0 Å². The highest BCUT2D eigenvalue weighted by Gasteiger charge is 2.26. The van der Waals surface area contributed by atoms with Gasteiger partial charge in [0.05, 0.1) is 19.3 Å². The maximum Gasteiger partial charge on any atom is 0.0900 e. The van der Waals surface area contributed by atoms with E-state index in [9.17, 15) is 5.11 Å². The molecule has 1 heterocycles. The fourth-order valence-corrected chi connectivity index (χ4v) is 3.02. The summed E-state index contributed by atoms with van der Waals surface area (Å²) in [6.45, 7) is 6.21. The van der Waals surface area contributed by atoms with E-state index in [1.54, 1.807) is 0 Å². The third-order valence-corrected chi connectivity index (χ3v) is 4.22. The van der Waals surface area contributed by atoms with Crippen LogP contribution in [-0.2, 0) is 11.3 Å². The molecule has 0 amide bonds. The van der Waals surface area contributed by atoms with E-state index in [-0.39, 0.29) is 12.4 Å². The molecule has 1 N–H and O–H groups in total. The second-order valence-electron chi connectivity index (χ2n) is 5.98. The number of ether oxygens (including phenoxy) is 1. The Morgan fingerprint density at radius 1 is 1.19 bits per heavy atom. The third kappa shape index (κ3) is 5.95. The lowest BCUT2D eigenvalue weighted by molar-refractivity contribution is -0.0135. The van der Waals surface area contributed by atoms with Crippen LogP contribution in [0.25, 0.3) is 0 Å². The first-order chi connectivity index (χ1) is 9.66. The van der Waals surface area contributed by atoms with E-state index in [0.29, 0.717) is 25.3 Å². The van der Waals surface area contributed by atoms with Gasteiger partial charge in [-0.05, 0) is 32.3 Å². The molecule has 1 aromatic rings. The van der Waals surface area contributed by atoms with Gasteiger partial charge in [0.15, 0.2) is 0 Å². The van der Waals surface area contributed by atoms with Crippen LogP contribution in [0.4, 0.5) is 0 Å². The predicted molar refractivity (Wildman–Crippen MR) is 88.8 cm³/mol. The lowest BCUT2D eigenvalue weighted by atomic mass is 9.97. The number of halogens is 1. The van der Waals surface area contributed by atoms with Crippen LogP contribution in [0.5, 0.6) is 0 Å². The van der Waals surface area contributed by atoms with Gasteiger partial charge in [-0.25, -0.2) is 0 Å². The molecule has 1 aliphatic heterocycles. The van der Waals surface area contributed by atoms with E-state index in [2.05, 4.69) is 18.7 Å². The van der Waals surface area contributed by atoms with Crippen molar-refractivity contribution in [2.45, 2.75) is 57.9 Å². The normalized spacial score (nSPS) is 24.3. The van der Waals surface area contributed by atoms with Crippen LogP contribution in [0, 0.1) is 0 Å². The molecule has 0 aromatic heterocycles. The first kappa shape index (κ1) is 18.4. The minimum atomic E-state index is -0.401. The molecule has 1 aliphatic rings. The van der Waals surface area contributed by atoms with Crippen molar-refractivity contribution in [3.8, 4) is 0 Å². The minimum absolute atomic E-state index is 0. The third-order valence-electron chi connectivity index (χ3n) is 4.22. The van der Waals surface area contributed by atoms with E-state index in [1.807, 2.05) is 30.3 Å². The summed E-state index contributed by atoms with van der Waals surface area (Å²) in [5, 5.41) is 10.1. The Morgan fingerprint density at radius 2 is 1.81 bits per heavy atom. The largest absolute Gasteiger partial charge is 0.389 e. The van der Waals surface area contributed by atoms with E-state index in [4.69, 9.17) is 4.74 Å². The molecular formula is C17H28ClNO2. The molecule has 120 valence electrons. The van der Waals surface area contributed by atoms with Gasteiger partial charge in [-0.1, -0.05) is 36.8 Å². The number of aliphatic hydroxyl groups is 1. The van der Waals surface area contributed by atoms with Crippen LogP contribution in [0.3, 0.4) is 0 Å². The number of benzene rings is 1. The van der Waals surface area contributed by atoms with E-state index >= 15 is 0 Å². The fraction of sp³-hybridized carbons (Fsp3) is 0.647. The summed E-state index contributed by atoms with van der Waals surface area (Å²) in [6, 6.07) is 11.2. The minimum Gasteiger partial charge on any atom is -0.389 e. The summed E-state index contributed by atoms with van der Waals surface area (Å²) < 4.78 is 5.62. The Morgan fingerprint density at radius 3 is 2.43 bits per heavy atom. The molecule has 1 aromatic carbocycles. The van der Waals surface area contributed by atoms with Crippen molar-refractivity contribution in [1.82, 2.24) is 4.90 Å². The van der Waals surface area contributed by atoms with Crippen LogP contribution in [0.1, 0.15) is 38.7 Å². The number of β-amino-alcohol motifs (C(OH)–C–C–N with tert-alkyl or cyclic N) is 1. The van der Waals surface area contributed by atoms with Crippen LogP contribution >= 0.6 is 12.4 Å². The van der Waals surface area contributed by atoms with E-state index in [1.165, 1.54) is 19.3 Å². The zero-order valence-electron chi connectivity index (χ0n) is 13.1. The molecule has 3 nitrogen and oxygen atoms in total. The Kier molecular flexibility index (Phi) is 8.27. The first-order valence-electron chi connectivity index (χ1n) is 7.72. The summed E-state index contributed by atoms with van der Waals surface area (Å²) in [4.78, 5) is 2.42. The zero-order chi connectivity index (χ0) is 14.4. The molecule has 2 rings (SSSR count). The summed E-state index contributed by atoms with van der Waals surface area (Å²) in [6.07, 6.45) is 3.38. The second kappa shape index (κ2) is 9.42. The summed E-state index contributed by atoms with van der Waals surface area (Å²) >= 11 is 0. The van der Waals surface area contributed by atoms with Crippen molar-refractivity contribution in [3.63, 3.8) is 0 Å². The molecule has 1 fully saturated rings. The first-order valence-corrected chi connectivity index (χ1v) is 7.72. The standard InChI is InChI=1S/C17H27NO2.ClH/c1-14-7-6-8-15(2)18(14)11-17(19)13-20-12-16-9-4-3-5-10-16;/h3-5,9-10,14-15,17,19H,6-8,11-13H2,1-2H3;1H. The van der Waals surface area contributed by atoms with Crippen molar-refractivity contribution in [2.75, 3.05) is 13.2 Å². The van der Waals surface area contributed by atoms with Crippen LogP contribution in [0.15, 0.2) is 30.3 Å². The number of piperidine rings is 1. The van der Waals surface area contributed by atoms with Crippen LogP contribution in [0.2, 0.25) is 0 Å². The van der Waals surface area contributed by atoms with Gasteiger partial charge in [0.1, 0.15) is 0 Å². The molecule has 0 saturated carbocycles. The number of nitrogens with zero attached hydrogens (tertiary/aromatic N) is 1. The molecule has 0 spiro atoms. The lowest BCUT2D eigenvalue weighted by Gasteiger charge is -2.40. The molecular weight excluding hydrogens is 286 g/mol. The average Bonchev–Trinajstić information content (AvgIpc) is 2.44. The summed E-state index contributed by atoms with van der Waals surface area (Å²) in [5.74, 6) is 0. The van der Waals surface area contributed by atoms with Crippen molar-refractivity contribution in [3.05, 3.63) is 35.9 Å². The van der Waals surface area contributed by atoms with Gasteiger partial charge in [0, 0.05) is 18.6 Å². The Bertz CT molecular complexity index is 378. The maximum absolute atomic E-state index is 10.1. The zero-order valence-corrected chi connectivity index (χ0v) is 13.9. The van der Waals surface area contributed by atoms with Crippen molar-refractivity contribution in [2.24, 2.45) is 0 Å². The molecule has 3 atom stereocenters. The second-order valence-corrected chi connectivity index (χ2v) is 5.98. The number of aliphatic hydroxyl groups excluding tert-OH is 1. The maximum atomic E-state index is 10.1. The number of hydrogen-bond acceptors (Lipinski definition) is 3. The highest BCUT2D eigenvalue weighted by molar-refractivity contribution is 5.85. The smallest absolute Gasteiger partial charge is 0.0900 e. The van der Waals surface area contributed by atoms with Gasteiger partial charge < -0.3 is 9.84 Å². The molecule has 3 unspecified atom stereocenters. The lowest BCUT2D eigenvalue weighted by Crippen LogP contribution is -2.48. The number of rotatable bonds is 6. The Labute approximate surface area is 134 Å². The average molecular weight is 314 g/mol. The van der Waals surface area contributed by atoms with Gasteiger partial charge in [-0.15, -0.1) is 12.4 Å². The molecule has 0 bridgehead atoms. The Balaban J connectivity index is 0.00000220. The predicted octanol–water partition coefficient (Wildman–Crippen LogP) is 3.25. The molecule has 0 aliphatic carbocycles. The molecule has 4 heteroatoms. The van der Waals surface area contributed by atoms with Gasteiger partial charge in [-0.2, -0.15) is 0 Å². The molecule has 0 radical (unpaired) electrons. The monoisotopic (exact) mass is 313 g/mol. The van der Waals surface area contributed by atoms with Gasteiger partial charge in [0.25, 0.3) is 0 Å². The summed E-state index contributed by atoms with van der Waals surface area (Å²) in [5.41, 5.74) is 1.15. The van der Waals surface area contributed by atoms with Gasteiger partial charge in [-0.3, -0.25) is 4.90 Å². The van der Waals surface area contributed by atoms with Gasteiger partial charge in [0.2, 0.25) is 0 Å². The summed E-state index contributed by atoms with van der Waals surface area (Å²) in [7, 11) is 0. The highest BCUT2D eigenvalue weighted by Crippen LogP contribution is 2.22. The van der Waals surface area contributed by atoms with Crippen LogP contribution in [-0.4, -0.2) is 41.3 Å². The van der Waals surface area contributed by atoms with Gasteiger partial charge >= 0.3 is 0 Å². The fourth-order valence-electron chi connectivity index (χ4n) is 3.02.